The predicted octanol–water partition coefficient (Wildman–Crippen LogP) is 2.76. The van der Waals surface area contributed by atoms with Crippen molar-refractivity contribution in [3.05, 3.63) is 29.5 Å². The lowest BCUT2D eigenvalue weighted by Gasteiger charge is -2.28. The van der Waals surface area contributed by atoms with E-state index in [-0.39, 0.29) is 12.6 Å². The molecule has 1 fully saturated rings. The summed E-state index contributed by atoms with van der Waals surface area (Å²) in [5, 5.41) is 0. The van der Waals surface area contributed by atoms with Gasteiger partial charge in [-0.3, -0.25) is 4.98 Å². The van der Waals surface area contributed by atoms with E-state index in [9.17, 15) is 9.35 Å². The smallest absolute Gasteiger partial charge is 0.338 e. The summed E-state index contributed by atoms with van der Waals surface area (Å²) in [6, 6.07) is 3.15. The summed E-state index contributed by atoms with van der Waals surface area (Å²) < 4.78 is 26.0. The molecule has 3 rings (SSSR count). The number of nitrogens with zero attached hydrogens (tertiary/aromatic N) is 3. The first-order valence-electron chi connectivity index (χ1n) is 10.2. The standard InChI is InChI=1S/C21H30N4O4S/c1-6-29-20(26)15-11-16(14(2)24-30(27)21(3,4)5)19-17(12-15)22-13-18(23-19)25-7-9-28-10-8-25/h11-14,24H,6-10H2,1-5H3/t14?,30-/m1/s1. The van der Waals surface area contributed by atoms with Crippen LogP contribution in [0, 0.1) is 0 Å². The number of fused-ring (bicyclic) bond motifs is 1. The maximum absolute atomic E-state index is 12.7. The molecule has 0 bridgehead atoms. The van der Waals surface area contributed by atoms with Gasteiger partial charge in [0.15, 0.2) is 0 Å². The van der Waals surface area contributed by atoms with Crippen molar-refractivity contribution in [3.63, 3.8) is 0 Å². The number of carbonyl (C=O) groups excluding carboxylic acids is 1. The summed E-state index contributed by atoms with van der Waals surface area (Å²) in [4.78, 5) is 23.9. The van der Waals surface area contributed by atoms with Crippen LogP contribution in [0.3, 0.4) is 0 Å². The van der Waals surface area contributed by atoms with E-state index in [1.807, 2.05) is 27.7 Å². The van der Waals surface area contributed by atoms with Crippen molar-refractivity contribution < 1.29 is 18.8 Å². The van der Waals surface area contributed by atoms with Crippen molar-refractivity contribution in [2.24, 2.45) is 0 Å². The summed E-state index contributed by atoms with van der Waals surface area (Å²) in [7, 11) is 0. The van der Waals surface area contributed by atoms with Crippen molar-refractivity contribution in [2.45, 2.75) is 45.4 Å². The number of ether oxygens (including phenoxy) is 2. The molecule has 1 aromatic carbocycles. The molecule has 1 unspecified atom stereocenters. The van der Waals surface area contributed by atoms with Crippen molar-refractivity contribution in [3.8, 4) is 0 Å². The van der Waals surface area contributed by atoms with E-state index < -0.39 is 22.1 Å². The highest BCUT2D eigenvalue weighted by Crippen LogP contribution is 2.28. The molecule has 30 heavy (non-hydrogen) atoms. The first-order chi connectivity index (χ1) is 14.2. The average molecular weight is 435 g/mol. The highest BCUT2D eigenvalue weighted by molar-refractivity contribution is 7.90. The number of hydrogen-bond acceptors (Lipinski definition) is 8. The monoisotopic (exact) mass is 434 g/mol. The lowest BCUT2D eigenvalue weighted by atomic mass is 10.0. The number of carbonyl (C=O) groups is 1. The van der Waals surface area contributed by atoms with Gasteiger partial charge in [0, 0.05) is 30.0 Å². The van der Waals surface area contributed by atoms with Gasteiger partial charge in [-0.05, 0) is 46.8 Å². The number of hydrogen-bond donors (Lipinski definition) is 1. The second kappa shape index (κ2) is 9.47. The van der Waals surface area contributed by atoms with Gasteiger partial charge in [-0.1, -0.05) is 0 Å². The molecule has 1 aliphatic rings. The van der Waals surface area contributed by atoms with E-state index in [2.05, 4.69) is 14.6 Å². The van der Waals surface area contributed by atoms with Gasteiger partial charge in [0.05, 0.1) is 48.7 Å². The highest BCUT2D eigenvalue weighted by Gasteiger charge is 2.29. The fourth-order valence-electron chi connectivity index (χ4n) is 3.14. The number of anilines is 1. The Balaban J connectivity index is 2.05. The third-order valence-electron chi connectivity index (χ3n) is 4.82. The van der Waals surface area contributed by atoms with Gasteiger partial charge in [0.1, 0.15) is 10.6 Å². The summed E-state index contributed by atoms with van der Waals surface area (Å²) in [6.45, 7) is 12.5. The molecule has 1 aliphatic heterocycles. The van der Waals surface area contributed by atoms with Crippen molar-refractivity contribution >= 4 is 34.2 Å². The van der Waals surface area contributed by atoms with Crippen LogP contribution in [0.5, 0.6) is 0 Å². The second-order valence-electron chi connectivity index (χ2n) is 8.20. The number of esters is 1. The summed E-state index contributed by atoms with van der Waals surface area (Å²) in [6.07, 6.45) is 1.72. The fraction of sp³-hybridized carbons (Fsp3) is 0.571. The Morgan fingerprint density at radius 3 is 2.70 bits per heavy atom. The van der Waals surface area contributed by atoms with Crippen LogP contribution in [-0.4, -0.2) is 58.1 Å². The minimum absolute atomic E-state index is 0.287. The number of nitrogens with one attached hydrogen (secondary N) is 1. The van der Waals surface area contributed by atoms with Crippen LogP contribution >= 0.6 is 0 Å². The lowest BCUT2D eigenvalue weighted by Crippen LogP contribution is -2.40. The van der Waals surface area contributed by atoms with Crippen LogP contribution in [0.4, 0.5) is 5.82 Å². The van der Waals surface area contributed by atoms with Crippen LogP contribution in [0.25, 0.3) is 11.0 Å². The Bertz CT molecular complexity index is 896. The third kappa shape index (κ3) is 5.21. The molecule has 1 N–H and O–H groups in total. The lowest BCUT2D eigenvalue weighted by molar-refractivity contribution is 0.0526. The molecular formula is C21H30N4O4S. The van der Waals surface area contributed by atoms with Gasteiger partial charge >= 0.3 is 5.97 Å². The zero-order valence-corrected chi connectivity index (χ0v) is 19.0. The topological polar surface area (TPSA) is 99.6 Å². The van der Waals surface area contributed by atoms with Gasteiger partial charge in [0.2, 0.25) is 0 Å². The van der Waals surface area contributed by atoms with Crippen molar-refractivity contribution in [2.75, 3.05) is 37.8 Å². The molecule has 0 radical (unpaired) electrons. The van der Waals surface area contributed by atoms with Crippen LogP contribution in [0.15, 0.2) is 18.3 Å². The van der Waals surface area contributed by atoms with Gasteiger partial charge in [0.25, 0.3) is 0 Å². The maximum atomic E-state index is 12.7. The largest absolute Gasteiger partial charge is 0.598 e. The molecule has 0 spiro atoms. The van der Waals surface area contributed by atoms with Gasteiger partial charge in [-0.25, -0.2) is 9.78 Å². The molecule has 2 aromatic rings. The van der Waals surface area contributed by atoms with Crippen LogP contribution in [-0.2, 0) is 20.8 Å². The third-order valence-corrected chi connectivity index (χ3v) is 6.50. The Labute approximate surface area is 180 Å². The van der Waals surface area contributed by atoms with Crippen LogP contribution < -0.4 is 9.62 Å². The van der Waals surface area contributed by atoms with Gasteiger partial charge in [-0.2, -0.15) is 0 Å². The highest BCUT2D eigenvalue weighted by atomic mass is 32.2. The normalized spacial score (nSPS) is 17.1. The fourth-order valence-corrected chi connectivity index (χ4v) is 3.94. The van der Waals surface area contributed by atoms with E-state index in [1.165, 1.54) is 0 Å². The van der Waals surface area contributed by atoms with E-state index in [0.29, 0.717) is 29.8 Å². The van der Waals surface area contributed by atoms with Crippen molar-refractivity contribution in [1.82, 2.24) is 14.7 Å². The Hall–Kier alpha value is -1.94. The Morgan fingerprint density at radius 2 is 2.07 bits per heavy atom. The first-order valence-corrected chi connectivity index (χ1v) is 11.3. The number of morpholine rings is 1. The van der Waals surface area contributed by atoms with E-state index >= 15 is 0 Å². The molecule has 9 heteroatoms. The quantitative estimate of drug-likeness (QED) is 0.547. The van der Waals surface area contributed by atoms with Crippen molar-refractivity contribution in [1.29, 1.82) is 0 Å². The summed E-state index contributed by atoms with van der Waals surface area (Å²) in [5.41, 5.74) is 2.44. The minimum Gasteiger partial charge on any atom is -0.598 e. The predicted molar refractivity (Wildman–Crippen MR) is 118 cm³/mol. The molecule has 0 aliphatic carbocycles. The zero-order valence-electron chi connectivity index (χ0n) is 18.2. The molecule has 164 valence electrons. The average Bonchev–Trinajstić information content (AvgIpc) is 2.72. The van der Waals surface area contributed by atoms with E-state index in [1.54, 1.807) is 25.3 Å². The molecule has 2 heterocycles. The Kier molecular flexibility index (Phi) is 7.18. The molecule has 0 saturated carbocycles. The first kappa shape index (κ1) is 22.7. The number of benzene rings is 1. The molecule has 1 aromatic heterocycles. The second-order valence-corrected chi connectivity index (χ2v) is 10.2. The molecule has 0 amide bonds. The van der Waals surface area contributed by atoms with Crippen LogP contribution in [0.1, 0.15) is 56.6 Å². The Morgan fingerprint density at radius 1 is 1.37 bits per heavy atom. The molecule has 1 saturated heterocycles. The maximum Gasteiger partial charge on any atom is 0.338 e. The molecular weight excluding hydrogens is 404 g/mol. The number of rotatable bonds is 6. The SMILES string of the molecule is CCOC(=O)c1cc(C(C)N[S@+]([O-])C(C)(C)C)c2nc(N3CCOCC3)cnc2c1. The summed E-state index contributed by atoms with van der Waals surface area (Å²) in [5.74, 6) is 0.351. The summed E-state index contributed by atoms with van der Waals surface area (Å²) >= 11 is -1.28. The van der Waals surface area contributed by atoms with Gasteiger partial charge < -0.3 is 18.9 Å². The molecule has 8 nitrogen and oxygen atoms in total. The molecule has 2 atom stereocenters. The van der Waals surface area contributed by atoms with Gasteiger partial charge in [-0.15, -0.1) is 4.72 Å². The minimum atomic E-state index is -1.28. The van der Waals surface area contributed by atoms with E-state index in [4.69, 9.17) is 14.5 Å². The zero-order chi connectivity index (χ0) is 21.9. The van der Waals surface area contributed by atoms with E-state index in [0.717, 1.165) is 24.5 Å². The number of aromatic nitrogens is 2. The van der Waals surface area contributed by atoms with Crippen LogP contribution in [0.2, 0.25) is 0 Å².